The van der Waals surface area contributed by atoms with Crippen molar-refractivity contribution < 1.29 is 22.6 Å². The zero-order valence-corrected chi connectivity index (χ0v) is 18.6. The van der Waals surface area contributed by atoms with Crippen molar-refractivity contribution in [2.75, 3.05) is 33.3 Å². The van der Waals surface area contributed by atoms with Crippen molar-refractivity contribution >= 4 is 12.0 Å². The fourth-order valence-corrected chi connectivity index (χ4v) is 3.27. The molecule has 1 N–H and O–H groups in total. The van der Waals surface area contributed by atoms with Gasteiger partial charge in [-0.2, -0.15) is 18.2 Å². The summed E-state index contributed by atoms with van der Waals surface area (Å²) in [6, 6.07) is -0.108. The van der Waals surface area contributed by atoms with Gasteiger partial charge in [0.25, 0.3) is 6.02 Å². The van der Waals surface area contributed by atoms with Gasteiger partial charge in [0.05, 0.1) is 12.2 Å². The van der Waals surface area contributed by atoms with Crippen LogP contribution >= 0.6 is 0 Å². The van der Waals surface area contributed by atoms with Crippen LogP contribution in [0.15, 0.2) is 22.1 Å². The van der Waals surface area contributed by atoms with Crippen LogP contribution < -0.4 is 5.32 Å². The molecule has 3 unspecified atom stereocenters. The lowest BCUT2D eigenvalue weighted by Gasteiger charge is -2.37. The molecule has 0 aliphatic carbocycles. The fourth-order valence-electron chi connectivity index (χ4n) is 3.27. The molecule has 3 atom stereocenters. The lowest BCUT2D eigenvalue weighted by Crippen LogP contribution is -2.53. The molecule has 2 aliphatic heterocycles. The summed E-state index contributed by atoms with van der Waals surface area (Å²) in [6.45, 7) is 10.8. The van der Waals surface area contributed by atoms with Crippen molar-refractivity contribution in [1.29, 1.82) is 0 Å². The quantitative estimate of drug-likeness (QED) is 0.596. The first-order valence-electron chi connectivity index (χ1n) is 10.4. The van der Waals surface area contributed by atoms with Crippen LogP contribution in [0.4, 0.5) is 13.2 Å². The van der Waals surface area contributed by atoms with Gasteiger partial charge in [0.15, 0.2) is 6.61 Å². The number of hydrogen-bond acceptors (Lipinski definition) is 7. The number of ether oxygens (including phenoxy) is 2. The Labute approximate surface area is 177 Å². The number of hydrogen-bond donors (Lipinski definition) is 1. The van der Waals surface area contributed by atoms with Crippen molar-refractivity contribution in [1.82, 2.24) is 15.1 Å². The van der Waals surface area contributed by atoms with E-state index in [1.54, 1.807) is 7.05 Å². The molecule has 7 nitrogen and oxygen atoms in total. The minimum absolute atomic E-state index is 0.0371. The van der Waals surface area contributed by atoms with Crippen LogP contribution in [-0.2, 0) is 9.47 Å². The number of rotatable bonds is 8. The topological polar surface area (TPSA) is 61.7 Å². The zero-order valence-electron chi connectivity index (χ0n) is 18.6. The van der Waals surface area contributed by atoms with E-state index in [1.807, 2.05) is 19.1 Å². The Morgan fingerprint density at radius 3 is 2.30 bits per heavy atom. The number of guanidine groups is 1. The summed E-state index contributed by atoms with van der Waals surface area (Å²) in [5.74, 6) is 1.24. The van der Waals surface area contributed by atoms with Crippen LogP contribution in [0.3, 0.4) is 0 Å². The predicted molar refractivity (Wildman–Crippen MR) is 111 cm³/mol. The van der Waals surface area contributed by atoms with E-state index >= 15 is 0 Å². The van der Waals surface area contributed by atoms with E-state index < -0.39 is 19.1 Å². The van der Waals surface area contributed by atoms with Crippen molar-refractivity contribution in [2.24, 2.45) is 21.8 Å². The number of aliphatic imine (C=N–C) groups is 2. The maximum atomic E-state index is 12.7. The molecule has 0 aromatic carbocycles. The predicted octanol–water partition coefficient (Wildman–Crippen LogP) is 3.05. The largest absolute Gasteiger partial charge is 0.455 e. The van der Waals surface area contributed by atoms with Crippen LogP contribution in [0.1, 0.15) is 34.6 Å². The van der Waals surface area contributed by atoms with Crippen molar-refractivity contribution in [3.8, 4) is 0 Å². The maximum Gasteiger partial charge on any atom is 0.422 e. The van der Waals surface area contributed by atoms with Crippen LogP contribution in [0.5, 0.6) is 0 Å². The van der Waals surface area contributed by atoms with Gasteiger partial charge in [0, 0.05) is 26.7 Å². The average Bonchev–Trinajstić information content (AvgIpc) is 3.03. The molecular weight excluding hydrogens is 399 g/mol. The Balaban J connectivity index is 2.20. The Kier molecular flexibility index (Phi) is 8.54. The molecule has 0 amide bonds. The van der Waals surface area contributed by atoms with Gasteiger partial charge in [-0.1, -0.05) is 39.8 Å². The van der Waals surface area contributed by atoms with E-state index in [-0.39, 0.29) is 18.2 Å². The SMILES string of the molecule is CC(C)CN(CC(C)C)C1=NC(NCC2C=CC(C)O2)N=C(OCC(F)(F)F)N1C. The molecule has 0 aromatic heterocycles. The minimum Gasteiger partial charge on any atom is -0.455 e. The first-order valence-corrected chi connectivity index (χ1v) is 10.4. The van der Waals surface area contributed by atoms with E-state index in [9.17, 15) is 13.2 Å². The van der Waals surface area contributed by atoms with Crippen molar-refractivity contribution in [2.45, 2.75) is 59.3 Å². The third kappa shape index (κ3) is 7.79. The van der Waals surface area contributed by atoms with Gasteiger partial charge in [-0.3, -0.25) is 10.2 Å². The molecule has 0 radical (unpaired) electrons. The first kappa shape index (κ1) is 24.5. The summed E-state index contributed by atoms with van der Waals surface area (Å²) in [7, 11) is 1.63. The second kappa shape index (κ2) is 10.5. The molecule has 0 spiro atoms. The van der Waals surface area contributed by atoms with Crippen LogP contribution in [0.25, 0.3) is 0 Å². The van der Waals surface area contributed by atoms with E-state index in [2.05, 4.69) is 47.9 Å². The monoisotopic (exact) mass is 433 g/mol. The summed E-state index contributed by atoms with van der Waals surface area (Å²) in [5.41, 5.74) is 0. The summed E-state index contributed by atoms with van der Waals surface area (Å²) in [6.07, 6.45) is -1.38. The molecule has 0 aromatic rings. The molecule has 2 rings (SSSR count). The van der Waals surface area contributed by atoms with E-state index in [1.165, 1.54) is 4.90 Å². The van der Waals surface area contributed by atoms with Crippen molar-refractivity contribution in [3.63, 3.8) is 0 Å². The number of nitrogens with one attached hydrogen (secondary N) is 1. The highest BCUT2D eigenvalue weighted by Crippen LogP contribution is 2.18. The van der Waals surface area contributed by atoms with Gasteiger partial charge in [-0.15, -0.1) is 0 Å². The minimum atomic E-state index is -4.45. The maximum absolute atomic E-state index is 12.7. The Morgan fingerprint density at radius 1 is 1.17 bits per heavy atom. The van der Waals surface area contributed by atoms with Crippen LogP contribution in [0, 0.1) is 11.8 Å². The number of alkyl halides is 3. The summed E-state index contributed by atoms with van der Waals surface area (Å²) < 4.78 is 49.0. The van der Waals surface area contributed by atoms with Gasteiger partial charge in [-0.25, -0.2) is 4.99 Å². The smallest absolute Gasteiger partial charge is 0.422 e. The van der Waals surface area contributed by atoms with Gasteiger partial charge < -0.3 is 14.4 Å². The average molecular weight is 434 g/mol. The number of halogens is 3. The van der Waals surface area contributed by atoms with Gasteiger partial charge >= 0.3 is 6.18 Å². The zero-order chi connectivity index (χ0) is 22.5. The van der Waals surface area contributed by atoms with Gasteiger partial charge in [0.1, 0.15) is 0 Å². The highest BCUT2D eigenvalue weighted by molar-refractivity contribution is 5.97. The Hall–Kier alpha value is -1.81. The van der Waals surface area contributed by atoms with Crippen LogP contribution in [-0.4, -0.2) is 79.7 Å². The summed E-state index contributed by atoms with van der Waals surface area (Å²) in [4.78, 5) is 12.5. The third-order valence-corrected chi connectivity index (χ3v) is 4.36. The fraction of sp³-hybridized carbons (Fsp3) is 0.800. The lowest BCUT2D eigenvalue weighted by atomic mass is 10.1. The lowest BCUT2D eigenvalue weighted by molar-refractivity contribution is -0.157. The molecular formula is C20H34F3N5O2. The Morgan fingerprint density at radius 2 is 1.80 bits per heavy atom. The van der Waals surface area contributed by atoms with Crippen LogP contribution in [0.2, 0.25) is 0 Å². The highest BCUT2D eigenvalue weighted by Gasteiger charge is 2.33. The molecule has 2 heterocycles. The molecule has 2 aliphatic rings. The summed E-state index contributed by atoms with van der Waals surface area (Å²) in [5, 5.41) is 3.16. The Bertz CT molecular complexity index is 639. The van der Waals surface area contributed by atoms with Gasteiger partial charge in [-0.05, 0) is 18.8 Å². The van der Waals surface area contributed by atoms with Gasteiger partial charge in [0.2, 0.25) is 12.2 Å². The second-order valence-corrected chi connectivity index (χ2v) is 8.54. The molecule has 0 fully saturated rings. The molecule has 30 heavy (non-hydrogen) atoms. The van der Waals surface area contributed by atoms with Crippen molar-refractivity contribution in [3.05, 3.63) is 12.2 Å². The van der Waals surface area contributed by atoms with E-state index in [0.717, 1.165) is 0 Å². The number of nitrogens with zero attached hydrogens (tertiary/aromatic N) is 4. The van der Waals surface area contributed by atoms with E-state index in [4.69, 9.17) is 9.47 Å². The first-order chi connectivity index (χ1) is 13.9. The molecule has 0 saturated heterocycles. The van der Waals surface area contributed by atoms with E-state index in [0.29, 0.717) is 37.4 Å². The standard InChI is InChI=1S/C20H34F3N5O2/c1-13(2)10-28(11-14(3)4)18-25-17(24-9-16-8-7-15(5)30-16)26-19(27(18)6)29-12-20(21,22)23/h7-8,13-17,24H,9-12H2,1-6H3. The third-order valence-electron chi connectivity index (χ3n) is 4.36. The second-order valence-electron chi connectivity index (χ2n) is 8.54. The molecule has 10 heteroatoms. The highest BCUT2D eigenvalue weighted by atomic mass is 19.4. The summed E-state index contributed by atoms with van der Waals surface area (Å²) >= 11 is 0. The molecule has 0 saturated carbocycles. The molecule has 0 bridgehead atoms. The molecule has 172 valence electrons. The number of amidine groups is 1. The normalized spacial score (nSPS) is 24.5.